The molecule has 5 heteroatoms. The molecule has 0 amide bonds. The van der Waals surface area contributed by atoms with Crippen molar-refractivity contribution >= 4 is 0 Å². The number of hydrogen-bond donors (Lipinski definition) is 0. The van der Waals surface area contributed by atoms with Crippen LogP contribution in [0.15, 0.2) is 0 Å². The molecular formula is F2OYZr. The summed E-state index contributed by atoms with van der Waals surface area (Å²) in [5, 5.41) is 1.25. The smallest absolute Gasteiger partial charge is 0.0104 e. The topological polar surface area (TPSA) is 9.23 Å². The van der Waals surface area contributed by atoms with Gasteiger partial charge in [-0.1, -0.05) is 0 Å². The molecular weight excluding hydrogens is 234 g/mol. The Balaban J connectivity index is -0.0000000200. The fraction of sp³-hybridized carbons (Fsp3) is 0. The first-order valence-corrected chi connectivity index (χ1v) is 0.309. The van der Waals surface area contributed by atoms with Gasteiger partial charge in [-0.25, -0.2) is 0 Å². The Morgan fingerprint density at radius 3 is 1.20 bits per heavy atom. The molecule has 0 unspecified atom stereocenters. The molecule has 0 rings (SSSR count). The minimum Gasteiger partial charge on any atom is -0.0104 e. The van der Waals surface area contributed by atoms with Crippen LogP contribution in [0.2, 0.25) is 0 Å². The maximum atomic E-state index is 9.12. The van der Waals surface area contributed by atoms with E-state index in [0.717, 1.165) is 0 Å². The van der Waals surface area contributed by atoms with E-state index in [1.807, 2.05) is 0 Å². The standard InChI is InChI=1S/F2O.Y.Zr/c1-3-2;;. The third-order valence-electron chi connectivity index (χ3n) is 0. The third kappa shape index (κ3) is 25.8. The van der Waals surface area contributed by atoms with E-state index >= 15 is 0 Å². The molecule has 0 atom stereocenters. The van der Waals surface area contributed by atoms with Crippen molar-refractivity contribution in [2.24, 2.45) is 0 Å². The van der Waals surface area contributed by atoms with Crippen molar-refractivity contribution in [3.05, 3.63) is 0 Å². The van der Waals surface area contributed by atoms with Gasteiger partial charge >= 0.3 is 0 Å². The zero-order valence-electron chi connectivity index (χ0n) is 2.24. The Bertz CT molecular complexity index is 9.61. The molecule has 0 aliphatic rings. The molecule has 0 heterocycles. The van der Waals surface area contributed by atoms with Gasteiger partial charge in [0.25, 0.3) is 0 Å². The van der Waals surface area contributed by atoms with Crippen LogP contribution in [0, 0.1) is 0 Å². The maximum Gasteiger partial charge on any atom is 0.0209 e. The molecule has 0 N–H and O–H groups in total. The van der Waals surface area contributed by atoms with Crippen LogP contribution in [-0.2, 0) is 64.1 Å². The monoisotopic (exact) mass is 233 g/mol. The maximum absolute atomic E-state index is 9.12. The van der Waals surface area contributed by atoms with E-state index in [0.29, 0.717) is 0 Å². The molecule has 0 aromatic carbocycles. The van der Waals surface area contributed by atoms with Crippen molar-refractivity contribution in [1.82, 2.24) is 0 Å². The first-order chi connectivity index (χ1) is 1.41. The molecule has 5 heavy (non-hydrogen) atoms. The largest absolute Gasteiger partial charge is 0.0209 e. The summed E-state index contributed by atoms with van der Waals surface area (Å²) in [5.41, 5.74) is 0. The molecule has 0 spiro atoms. The Hall–Kier alpha value is 1.81. The van der Waals surface area contributed by atoms with Gasteiger partial charge in [0.2, 0.25) is 0 Å². The van der Waals surface area contributed by atoms with Crippen LogP contribution in [0.3, 0.4) is 0 Å². The summed E-state index contributed by atoms with van der Waals surface area (Å²) < 4.78 is 18.2. The second-order valence-corrected chi connectivity index (χ2v) is 0.0583. The molecule has 0 aliphatic carbocycles. The van der Waals surface area contributed by atoms with Gasteiger partial charge in [-0.2, -0.15) is 0 Å². The Morgan fingerprint density at radius 1 is 1.20 bits per heavy atom. The van der Waals surface area contributed by atoms with Crippen molar-refractivity contribution in [1.29, 1.82) is 0 Å². The van der Waals surface area contributed by atoms with Crippen molar-refractivity contribution in [3.8, 4) is 0 Å². The Kier molecular flexibility index (Phi) is 53.9. The summed E-state index contributed by atoms with van der Waals surface area (Å²) in [5.74, 6) is 0. The number of halogens is 2. The molecule has 0 aliphatic heterocycles. The fourth-order valence-corrected chi connectivity index (χ4v) is 0. The van der Waals surface area contributed by atoms with Crippen molar-refractivity contribution in [2.75, 3.05) is 0 Å². The van der Waals surface area contributed by atoms with Crippen molar-refractivity contribution < 1.29 is 73.1 Å². The minimum atomic E-state index is 0. The molecule has 0 aromatic rings. The van der Waals surface area contributed by atoms with E-state index in [1.165, 1.54) is 5.15 Å². The summed E-state index contributed by atoms with van der Waals surface area (Å²) in [6.07, 6.45) is 0. The Morgan fingerprint density at radius 2 is 1.20 bits per heavy atom. The van der Waals surface area contributed by atoms with Gasteiger partial charge in [0.05, 0.1) is 0 Å². The third-order valence-corrected chi connectivity index (χ3v) is 0. The van der Waals surface area contributed by atoms with E-state index in [9.17, 15) is 0 Å². The normalized spacial score (nSPS) is 3.60. The second-order valence-electron chi connectivity index (χ2n) is 0.0583. The summed E-state index contributed by atoms with van der Waals surface area (Å²) in [4.78, 5) is 0. The van der Waals surface area contributed by atoms with Crippen LogP contribution < -0.4 is 0 Å². The number of rotatable bonds is 0. The predicted octanol–water partition coefficient (Wildman–Crippen LogP) is 0.767. The van der Waals surface area contributed by atoms with E-state index < -0.39 is 0 Å². The first-order valence-electron chi connectivity index (χ1n) is 0.309. The first kappa shape index (κ1) is 15.8. The minimum absolute atomic E-state index is 0. The zero-order valence-corrected chi connectivity index (χ0v) is 7.54. The van der Waals surface area contributed by atoms with Gasteiger partial charge < -0.3 is 0 Å². The van der Waals surface area contributed by atoms with Crippen molar-refractivity contribution in [3.63, 3.8) is 0 Å². The summed E-state index contributed by atoms with van der Waals surface area (Å²) >= 11 is 0. The van der Waals surface area contributed by atoms with Gasteiger partial charge in [-0.15, -0.1) is 0 Å². The molecule has 27 valence electrons. The molecule has 0 bridgehead atoms. The van der Waals surface area contributed by atoms with Crippen LogP contribution in [0.4, 0.5) is 9.05 Å². The van der Waals surface area contributed by atoms with Gasteiger partial charge in [-0.05, 0) is 9.05 Å². The van der Waals surface area contributed by atoms with E-state index in [2.05, 4.69) is 0 Å². The quantitative estimate of drug-likeness (QED) is 0.601. The van der Waals surface area contributed by atoms with E-state index in [-0.39, 0.29) is 58.9 Å². The molecule has 0 saturated heterocycles. The summed E-state index contributed by atoms with van der Waals surface area (Å²) in [6.45, 7) is 0. The van der Waals surface area contributed by atoms with Gasteiger partial charge in [0, 0.05) is 64.1 Å². The van der Waals surface area contributed by atoms with Crippen LogP contribution in [0.25, 0.3) is 0 Å². The summed E-state index contributed by atoms with van der Waals surface area (Å²) in [6, 6.07) is 0. The molecule has 1 nitrogen and oxygen atoms in total. The molecule has 1 radical (unpaired) electrons. The van der Waals surface area contributed by atoms with Gasteiger partial charge in [0.1, 0.15) is 0 Å². The average molecular weight is 234 g/mol. The van der Waals surface area contributed by atoms with Crippen LogP contribution >= 0.6 is 0 Å². The van der Waals surface area contributed by atoms with E-state index in [1.54, 1.807) is 0 Å². The second kappa shape index (κ2) is 17.0. The van der Waals surface area contributed by atoms with Gasteiger partial charge in [0.15, 0.2) is 0 Å². The number of hydrogen-bond acceptors (Lipinski definition) is 1. The van der Waals surface area contributed by atoms with Crippen LogP contribution in [-0.4, -0.2) is 0 Å². The fourth-order valence-electron chi connectivity index (χ4n) is 0. The Labute approximate surface area is 72.3 Å². The molecule has 0 fully saturated rings. The van der Waals surface area contributed by atoms with Crippen LogP contribution in [0.1, 0.15) is 0 Å². The zero-order chi connectivity index (χ0) is 2.71. The van der Waals surface area contributed by atoms with Gasteiger partial charge in [-0.3, -0.25) is 0 Å². The average Bonchev–Trinajstić information content (AvgIpc) is 0.918. The van der Waals surface area contributed by atoms with E-state index in [4.69, 9.17) is 9.05 Å². The molecule has 0 aromatic heterocycles. The van der Waals surface area contributed by atoms with Crippen LogP contribution in [0.5, 0.6) is 0 Å². The van der Waals surface area contributed by atoms with Crippen molar-refractivity contribution in [2.45, 2.75) is 0 Å². The predicted molar refractivity (Wildman–Crippen MR) is 3.30 cm³/mol. The molecule has 0 saturated carbocycles. The summed E-state index contributed by atoms with van der Waals surface area (Å²) in [7, 11) is 0. The SMILES string of the molecule is FOF.[Y].[Zr].